The molecule has 1 aliphatic rings. The third-order valence-corrected chi connectivity index (χ3v) is 4.52. The van der Waals surface area contributed by atoms with E-state index in [-0.39, 0.29) is 18.1 Å². The Kier molecular flexibility index (Phi) is 4.49. The molecule has 2 heterocycles. The lowest BCUT2D eigenvalue weighted by molar-refractivity contribution is -0.0584. The first-order chi connectivity index (χ1) is 9.42. The molecule has 0 aromatic carbocycles. The predicted octanol–water partition coefficient (Wildman–Crippen LogP) is 1.43. The fourth-order valence-corrected chi connectivity index (χ4v) is 3.24. The molecule has 0 radical (unpaired) electrons. The highest BCUT2D eigenvalue weighted by atomic mass is 32.1. The Morgan fingerprint density at radius 2 is 2.10 bits per heavy atom. The molecule has 0 saturated carbocycles. The van der Waals surface area contributed by atoms with E-state index in [4.69, 9.17) is 10.5 Å². The van der Waals surface area contributed by atoms with Crippen molar-refractivity contribution in [1.82, 2.24) is 9.88 Å². The Bertz CT molecular complexity index is 481. The van der Waals surface area contributed by atoms with E-state index in [1.54, 1.807) is 4.90 Å². The van der Waals surface area contributed by atoms with Gasteiger partial charge in [-0.3, -0.25) is 4.79 Å². The predicted molar refractivity (Wildman–Crippen MR) is 81.4 cm³/mol. The summed E-state index contributed by atoms with van der Waals surface area (Å²) in [5.74, 6) is 0.278. The highest BCUT2D eigenvalue weighted by Gasteiger charge is 2.29. The maximum absolute atomic E-state index is 12.6. The molecule has 0 aliphatic carbocycles. The average Bonchev–Trinajstić information content (AvgIpc) is 2.78. The van der Waals surface area contributed by atoms with Crippen LogP contribution < -0.4 is 10.6 Å². The van der Waals surface area contributed by atoms with Crippen molar-refractivity contribution in [3.63, 3.8) is 0 Å². The molecule has 1 amide bonds. The number of rotatable bonds is 3. The number of thiazole rings is 1. The first-order valence-electron chi connectivity index (χ1n) is 6.84. The molecule has 2 N–H and O–H groups in total. The van der Waals surface area contributed by atoms with Gasteiger partial charge in [0.25, 0.3) is 5.91 Å². The van der Waals surface area contributed by atoms with Gasteiger partial charge in [0.15, 0.2) is 5.13 Å². The molecule has 20 heavy (non-hydrogen) atoms. The van der Waals surface area contributed by atoms with E-state index in [0.717, 1.165) is 11.7 Å². The van der Waals surface area contributed by atoms with Crippen molar-refractivity contribution >= 4 is 28.2 Å². The lowest BCUT2D eigenvalue weighted by atomic mass is 10.2. The van der Waals surface area contributed by atoms with Gasteiger partial charge in [-0.25, -0.2) is 4.98 Å². The molecule has 1 aliphatic heterocycles. The van der Waals surface area contributed by atoms with Crippen molar-refractivity contribution in [1.29, 1.82) is 0 Å². The number of aromatic nitrogens is 1. The van der Waals surface area contributed by atoms with Crippen LogP contribution in [0.1, 0.15) is 30.4 Å². The van der Waals surface area contributed by atoms with Gasteiger partial charge in [0.1, 0.15) is 10.7 Å². The van der Waals surface area contributed by atoms with Gasteiger partial charge < -0.3 is 20.3 Å². The van der Waals surface area contributed by atoms with Gasteiger partial charge in [0, 0.05) is 26.7 Å². The Morgan fingerprint density at radius 1 is 1.50 bits per heavy atom. The summed E-state index contributed by atoms with van der Waals surface area (Å²) in [5.41, 5.74) is 5.90. The largest absolute Gasteiger partial charge is 0.382 e. The number of morpholine rings is 1. The number of hydrogen-bond acceptors (Lipinski definition) is 6. The Hall–Kier alpha value is -1.34. The molecule has 1 fully saturated rings. The maximum Gasteiger partial charge on any atom is 0.268 e. The maximum atomic E-state index is 12.6. The Balaban J connectivity index is 2.18. The molecule has 2 atom stereocenters. The fourth-order valence-electron chi connectivity index (χ4n) is 2.26. The van der Waals surface area contributed by atoms with Gasteiger partial charge in [0.2, 0.25) is 0 Å². The van der Waals surface area contributed by atoms with E-state index >= 15 is 0 Å². The van der Waals surface area contributed by atoms with E-state index < -0.39 is 0 Å². The summed E-state index contributed by atoms with van der Waals surface area (Å²) >= 11 is 1.35. The molecule has 1 aromatic heterocycles. The molecule has 2 rings (SSSR count). The van der Waals surface area contributed by atoms with Crippen LogP contribution in [-0.2, 0) is 4.74 Å². The smallest absolute Gasteiger partial charge is 0.268 e. The lowest BCUT2D eigenvalue weighted by Crippen LogP contribution is -2.48. The van der Waals surface area contributed by atoms with Gasteiger partial charge in [-0.1, -0.05) is 11.3 Å². The number of anilines is 2. The monoisotopic (exact) mass is 298 g/mol. The third-order valence-electron chi connectivity index (χ3n) is 3.34. The minimum absolute atomic E-state index is 0.0437. The molecule has 7 heteroatoms. The fraction of sp³-hybridized carbons (Fsp3) is 0.692. The number of carbonyl (C=O) groups is 1. The van der Waals surface area contributed by atoms with Crippen molar-refractivity contribution in [2.75, 3.05) is 37.3 Å². The molecule has 1 aromatic rings. The van der Waals surface area contributed by atoms with Gasteiger partial charge in [0.05, 0.1) is 12.2 Å². The lowest BCUT2D eigenvalue weighted by Gasteiger charge is -2.35. The molecular formula is C13H22N4O2S. The molecule has 0 bridgehead atoms. The number of carbonyl (C=O) groups excluding carboxylic acids is 1. The van der Waals surface area contributed by atoms with E-state index in [1.165, 1.54) is 11.3 Å². The Morgan fingerprint density at radius 3 is 2.65 bits per heavy atom. The molecular weight excluding hydrogens is 276 g/mol. The van der Waals surface area contributed by atoms with Crippen molar-refractivity contribution in [2.24, 2.45) is 0 Å². The van der Waals surface area contributed by atoms with Crippen LogP contribution in [0.3, 0.4) is 0 Å². The molecule has 6 nitrogen and oxygen atoms in total. The highest BCUT2D eigenvalue weighted by Crippen LogP contribution is 2.29. The average molecular weight is 298 g/mol. The summed E-state index contributed by atoms with van der Waals surface area (Å²) in [4.78, 5) is 21.2. The third kappa shape index (κ3) is 3.04. The topological polar surface area (TPSA) is 71.7 Å². The van der Waals surface area contributed by atoms with Gasteiger partial charge in [-0.05, 0) is 20.8 Å². The van der Waals surface area contributed by atoms with Gasteiger partial charge in [-0.2, -0.15) is 0 Å². The van der Waals surface area contributed by atoms with Crippen molar-refractivity contribution in [3.8, 4) is 0 Å². The summed E-state index contributed by atoms with van der Waals surface area (Å²) in [5, 5.41) is 0.780. The highest BCUT2D eigenvalue weighted by molar-refractivity contribution is 7.18. The normalized spacial score (nSPS) is 22.9. The van der Waals surface area contributed by atoms with Crippen LogP contribution in [0, 0.1) is 0 Å². The summed E-state index contributed by atoms with van der Waals surface area (Å²) < 4.78 is 5.65. The standard InChI is InChI=1S/C13H22N4O2S/c1-5-16(4)13-15-11(14)10(20-13)12(18)17-6-8(2)19-9(3)7-17/h8-9H,5-7,14H2,1-4H3. The molecule has 1 saturated heterocycles. The summed E-state index contributed by atoms with van der Waals surface area (Å²) in [6.45, 7) is 8.00. The molecule has 2 unspecified atom stereocenters. The van der Waals surface area contributed by atoms with Crippen LogP contribution in [0.4, 0.5) is 10.9 Å². The quantitative estimate of drug-likeness (QED) is 0.914. The number of nitrogens with zero attached hydrogens (tertiary/aromatic N) is 3. The second kappa shape index (κ2) is 5.97. The van der Waals surface area contributed by atoms with Crippen LogP contribution in [0.2, 0.25) is 0 Å². The zero-order chi connectivity index (χ0) is 14.9. The summed E-state index contributed by atoms with van der Waals surface area (Å²) in [6, 6.07) is 0. The van der Waals surface area contributed by atoms with E-state index in [0.29, 0.717) is 23.8 Å². The van der Waals surface area contributed by atoms with Gasteiger partial charge >= 0.3 is 0 Å². The van der Waals surface area contributed by atoms with Crippen LogP contribution in [-0.4, -0.2) is 54.7 Å². The number of nitrogen functional groups attached to an aromatic ring is 1. The first-order valence-corrected chi connectivity index (χ1v) is 7.66. The Labute approximate surface area is 123 Å². The number of amides is 1. The minimum Gasteiger partial charge on any atom is -0.382 e. The van der Waals surface area contributed by atoms with Crippen molar-refractivity contribution in [3.05, 3.63) is 4.88 Å². The SMILES string of the molecule is CCN(C)c1nc(N)c(C(=O)N2CC(C)OC(C)C2)s1. The zero-order valence-corrected chi connectivity index (χ0v) is 13.2. The van der Waals surface area contributed by atoms with Crippen LogP contribution in [0.25, 0.3) is 0 Å². The van der Waals surface area contributed by atoms with E-state index in [2.05, 4.69) is 4.98 Å². The number of ether oxygens (including phenoxy) is 1. The second-order valence-electron chi connectivity index (χ2n) is 5.19. The van der Waals surface area contributed by atoms with Crippen molar-refractivity contribution in [2.45, 2.75) is 33.0 Å². The van der Waals surface area contributed by atoms with Crippen LogP contribution in [0.15, 0.2) is 0 Å². The summed E-state index contributed by atoms with van der Waals surface area (Å²) in [6.07, 6.45) is 0.101. The second-order valence-corrected chi connectivity index (χ2v) is 6.17. The summed E-state index contributed by atoms with van der Waals surface area (Å²) in [7, 11) is 1.94. The van der Waals surface area contributed by atoms with E-state index in [1.807, 2.05) is 32.7 Å². The van der Waals surface area contributed by atoms with Crippen molar-refractivity contribution < 1.29 is 9.53 Å². The molecule has 0 spiro atoms. The zero-order valence-electron chi connectivity index (χ0n) is 12.4. The first kappa shape index (κ1) is 15.1. The van der Waals surface area contributed by atoms with E-state index in [9.17, 15) is 4.79 Å². The number of hydrogen-bond donors (Lipinski definition) is 1. The molecule has 112 valence electrons. The van der Waals surface area contributed by atoms with Crippen LogP contribution >= 0.6 is 11.3 Å². The van der Waals surface area contributed by atoms with Gasteiger partial charge in [-0.15, -0.1) is 0 Å². The number of nitrogens with two attached hydrogens (primary N) is 1. The van der Waals surface area contributed by atoms with Crippen LogP contribution in [0.5, 0.6) is 0 Å². The minimum atomic E-state index is -0.0437.